The largest absolute Gasteiger partial charge is 0.394 e. The van der Waals surface area contributed by atoms with Gasteiger partial charge in [-0.1, -0.05) is 55.9 Å². The van der Waals surface area contributed by atoms with Crippen molar-refractivity contribution in [3.8, 4) is 0 Å². The molecule has 0 aliphatic carbocycles. The Bertz CT molecular complexity index is 916. The number of sulfonamides is 1. The number of thioether (sulfide) groups is 1. The summed E-state index contributed by atoms with van der Waals surface area (Å²) in [6.07, 6.45) is 0.571. The van der Waals surface area contributed by atoms with Crippen molar-refractivity contribution >= 4 is 33.7 Å². The number of alkyl halides is 1. The lowest BCUT2D eigenvalue weighted by atomic mass is 10.0. The molecule has 1 heterocycles. The molecule has 8 nitrogen and oxygen atoms in total. The van der Waals surface area contributed by atoms with Gasteiger partial charge in [-0.25, -0.2) is 8.42 Å². The summed E-state index contributed by atoms with van der Waals surface area (Å²) in [6, 6.07) is 9.50. The molecule has 31 heavy (non-hydrogen) atoms. The molecule has 0 spiro atoms. The zero-order valence-electron chi connectivity index (χ0n) is 18.0. The summed E-state index contributed by atoms with van der Waals surface area (Å²) in [5.41, 5.74) is 1.07. The number of anilines is 2. The van der Waals surface area contributed by atoms with Crippen LogP contribution in [-0.4, -0.2) is 53.6 Å². The maximum atomic E-state index is 12.4. The Kier molecular flexibility index (Phi) is 9.92. The van der Waals surface area contributed by atoms with E-state index in [1.54, 1.807) is 0 Å². The number of aliphatic hydroxyl groups excluding tert-OH is 1. The Labute approximate surface area is 187 Å². The molecule has 2 atom stereocenters. The van der Waals surface area contributed by atoms with Crippen LogP contribution < -0.4 is 10.0 Å². The van der Waals surface area contributed by atoms with Crippen LogP contribution >= 0.6 is 11.8 Å². The van der Waals surface area contributed by atoms with Gasteiger partial charge in [0.15, 0.2) is 5.16 Å². The first-order valence-electron chi connectivity index (χ1n) is 10.1. The number of aliphatic hydroxyl groups is 1. The summed E-state index contributed by atoms with van der Waals surface area (Å²) >= 11 is 1.36. The van der Waals surface area contributed by atoms with Crippen LogP contribution in [0.4, 0.5) is 16.3 Å². The van der Waals surface area contributed by atoms with E-state index in [4.69, 9.17) is 0 Å². The first-order valence-corrected chi connectivity index (χ1v) is 12.7. The van der Waals surface area contributed by atoms with Gasteiger partial charge in [0.1, 0.15) is 0 Å². The van der Waals surface area contributed by atoms with Gasteiger partial charge < -0.3 is 10.4 Å². The fraction of sp³-hybridized carbons (Fsp3) is 0.550. The first kappa shape index (κ1) is 25.3. The molecule has 0 fully saturated rings. The molecule has 1 unspecified atom stereocenters. The second kappa shape index (κ2) is 12.2. The predicted molar refractivity (Wildman–Crippen MR) is 122 cm³/mol. The molecule has 1 aromatic carbocycles. The molecule has 0 bridgehead atoms. The number of hydrogen-bond donors (Lipinski definition) is 3. The second-order valence-electron chi connectivity index (χ2n) is 7.55. The van der Waals surface area contributed by atoms with Crippen LogP contribution in [0.25, 0.3) is 0 Å². The molecule has 3 N–H and O–H groups in total. The molecule has 11 heteroatoms. The van der Waals surface area contributed by atoms with Crippen LogP contribution in [0.1, 0.15) is 44.4 Å². The zero-order valence-corrected chi connectivity index (χ0v) is 19.6. The molecule has 0 aliphatic heterocycles. The Morgan fingerprint density at radius 3 is 2.39 bits per heavy atom. The highest BCUT2D eigenvalue weighted by molar-refractivity contribution is 7.99. The minimum absolute atomic E-state index is 0.0109. The summed E-state index contributed by atoms with van der Waals surface area (Å²) < 4.78 is 39.1. The summed E-state index contributed by atoms with van der Waals surface area (Å²) in [7, 11) is -3.79. The lowest BCUT2D eigenvalue weighted by molar-refractivity contribution is 0.259. The van der Waals surface area contributed by atoms with Gasteiger partial charge in [0, 0.05) is 5.25 Å². The van der Waals surface area contributed by atoms with Crippen molar-refractivity contribution in [2.75, 3.05) is 29.1 Å². The fourth-order valence-electron chi connectivity index (χ4n) is 2.84. The van der Waals surface area contributed by atoms with Crippen molar-refractivity contribution < 1.29 is 17.9 Å². The quantitative estimate of drug-likeness (QED) is 0.379. The topological polar surface area (TPSA) is 117 Å². The summed E-state index contributed by atoms with van der Waals surface area (Å²) in [5.74, 6) is -0.00824. The van der Waals surface area contributed by atoms with Crippen molar-refractivity contribution in [1.29, 1.82) is 0 Å². The fourth-order valence-corrected chi connectivity index (χ4v) is 4.68. The molecular weight excluding hydrogens is 441 g/mol. The van der Waals surface area contributed by atoms with Crippen LogP contribution in [0.3, 0.4) is 0 Å². The maximum Gasteiger partial charge on any atom is 0.242 e. The third kappa shape index (κ3) is 8.96. The number of aromatic nitrogens is 3. The SMILES string of the molecule is CC(C)C[C@H](CO)Nc1nc(NS(=O)(=O)CCCF)nc(SC(C)c2ccccc2)n1. The second-order valence-corrected chi connectivity index (χ2v) is 10.7. The highest BCUT2D eigenvalue weighted by atomic mass is 32.2. The molecule has 2 rings (SSSR count). The van der Waals surface area contributed by atoms with E-state index >= 15 is 0 Å². The van der Waals surface area contributed by atoms with Gasteiger partial charge in [-0.15, -0.1) is 0 Å². The third-order valence-electron chi connectivity index (χ3n) is 4.27. The average molecular weight is 472 g/mol. The van der Waals surface area contributed by atoms with Gasteiger partial charge in [-0.05, 0) is 31.2 Å². The van der Waals surface area contributed by atoms with E-state index in [1.165, 1.54) is 11.8 Å². The van der Waals surface area contributed by atoms with E-state index in [9.17, 15) is 17.9 Å². The summed E-state index contributed by atoms with van der Waals surface area (Å²) in [5, 5.41) is 13.1. The van der Waals surface area contributed by atoms with Crippen LogP contribution in [0.15, 0.2) is 35.5 Å². The first-order chi connectivity index (χ1) is 14.7. The number of rotatable bonds is 13. The lowest BCUT2D eigenvalue weighted by Gasteiger charge is -2.19. The van der Waals surface area contributed by atoms with Crippen LogP contribution in [-0.2, 0) is 10.0 Å². The van der Waals surface area contributed by atoms with Crippen LogP contribution in [0.2, 0.25) is 0 Å². The van der Waals surface area contributed by atoms with Gasteiger partial charge in [0.2, 0.25) is 21.9 Å². The Hall–Kier alpha value is -1.98. The standard InChI is InChI=1S/C20H30FN5O3S2/c1-14(2)12-17(13-27)22-18-23-19(26-31(28,29)11-7-10-21)25-20(24-18)30-15(3)16-8-5-4-6-9-16/h4-6,8-9,14-15,17,27H,7,10-13H2,1-3H3,(H2,22,23,24,25,26)/t15?,17-/m1/s1. The van der Waals surface area contributed by atoms with E-state index in [0.717, 1.165) is 5.56 Å². The van der Waals surface area contributed by atoms with Gasteiger partial charge in [0.25, 0.3) is 0 Å². The van der Waals surface area contributed by atoms with E-state index in [2.05, 4.69) is 25.0 Å². The van der Waals surface area contributed by atoms with Gasteiger partial charge in [0.05, 0.1) is 25.1 Å². The molecular formula is C20H30FN5O3S2. The van der Waals surface area contributed by atoms with Crippen molar-refractivity contribution in [3.05, 3.63) is 35.9 Å². The van der Waals surface area contributed by atoms with Gasteiger partial charge in [-0.2, -0.15) is 15.0 Å². The van der Waals surface area contributed by atoms with Crippen molar-refractivity contribution in [2.45, 2.75) is 50.1 Å². The van der Waals surface area contributed by atoms with E-state index in [1.807, 2.05) is 51.1 Å². The minimum Gasteiger partial charge on any atom is -0.394 e. The molecule has 0 amide bonds. The van der Waals surface area contributed by atoms with Crippen LogP contribution in [0, 0.1) is 5.92 Å². The molecule has 2 aromatic rings. The normalized spacial score (nSPS) is 13.7. The van der Waals surface area contributed by atoms with E-state index in [0.29, 0.717) is 17.5 Å². The maximum absolute atomic E-state index is 12.4. The zero-order chi connectivity index (χ0) is 22.9. The van der Waals surface area contributed by atoms with E-state index in [-0.39, 0.29) is 42.0 Å². The van der Waals surface area contributed by atoms with Crippen molar-refractivity contribution in [2.24, 2.45) is 5.92 Å². The number of nitrogens with zero attached hydrogens (tertiary/aromatic N) is 3. The third-order valence-corrected chi connectivity index (χ3v) is 6.61. The summed E-state index contributed by atoms with van der Waals surface area (Å²) in [4.78, 5) is 12.8. The number of nitrogens with one attached hydrogen (secondary N) is 2. The van der Waals surface area contributed by atoms with Crippen molar-refractivity contribution in [3.63, 3.8) is 0 Å². The van der Waals surface area contributed by atoms with Crippen molar-refractivity contribution in [1.82, 2.24) is 15.0 Å². The Morgan fingerprint density at radius 1 is 1.10 bits per heavy atom. The monoisotopic (exact) mass is 471 g/mol. The van der Waals surface area contributed by atoms with Gasteiger partial charge in [-0.3, -0.25) is 9.11 Å². The highest BCUT2D eigenvalue weighted by Gasteiger charge is 2.18. The van der Waals surface area contributed by atoms with Gasteiger partial charge >= 0.3 is 0 Å². The molecule has 0 radical (unpaired) electrons. The molecule has 0 saturated heterocycles. The Morgan fingerprint density at radius 2 is 1.77 bits per heavy atom. The average Bonchev–Trinajstić information content (AvgIpc) is 2.71. The minimum atomic E-state index is -3.79. The smallest absolute Gasteiger partial charge is 0.242 e. The summed E-state index contributed by atoms with van der Waals surface area (Å²) in [6.45, 7) is 5.21. The molecule has 0 aliphatic rings. The predicted octanol–water partition coefficient (Wildman–Crippen LogP) is 3.65. The molecule has 1 aromatic heterocycles. The lowest BCUT2D eigenvalue weighted by Crippen LogP contribution is -2.27. The highest BCUT2D eigenvalue weighted by Crippen LogP contribution is 2.33. The van der Waals surface area contributed by atoms with Crippen LogP contribution in [0.5, 0.6) is 0 Å². The van der Waals surface area contributed by atoms with E-state index < -0.39 is 16.7 Å². The molecule has 0 saturated carbocycles. The molecule has 172 valence electrons. The number of benzene rings is 1. The number of hydrogen-bond acceptors (Lipinski definition) is 8. The Balaban J connectivity index is 2.29. The number of halogens is 1.